The summed E-state index contributed by atoms with van der Waals surface area (Å²) in [6.45, 7) is 4.58. The average Bonchev–Trinajstić information content (AvgIpc) is 3.06. The van der Waals surface area contributed by atoms with E-state index >= 15 is 0 Å². The number of ether oxygens (including phenoxy) is 3. The molecule has 50 heavy (non-hydrogen) atoms. The van der Waals surface area contributed by atoms with Gasteiger partial charge in [0.05, 0.1) is 40.3 Å². The van der Waals surface area contributed by atoms with Crippen LogP contribution in [0.1, 0.15) is 174 Å². The molecule has 0 saturated heterocycles. The van der Waals surface area contributed by atoms with Gasteiger partial charge >= 0.3 is 11.9 Å². The highest BCUT2D eigenvalue weighted by Gasteiger charge is 2.25. The van der Waals surface area contributed by atoms with Crippen LogP contribution in [0.5, 0.6) is 0 Å². The van der Waals surface area contributed by atoms with Crippen molar-refractivity contribution in [1.29, 1.82) is 0 Å². The molecule has 8 heteroatoms. The fraction of sp³-hybridized carbons (Fsp3) is 0.833. The van der Waals surface area contributed by atoms with Gasteiger partial charge in [0.2, 0.25) is 0 Å². The van der Waals surface area contributed by atoms with Gasteiger partial charge in [-0.3, -0.25) is 9.59 Å². The highest BCUT2D eigenvalue weighted by molar-refractivity contribution is 5.70. The van der Waals surface area contributed by atoms with Crippen LogP contribution >= 0.6 is 0 Å². The van der Waals surface area contributed by atoms with Crippen LogP contribution in [0.4, 0.5) is 0 Å². The largest absolute Gasteiger partial charge is 0.544 e. The zero-order chi connectivity index (χ0) is 37.1. The minimum Gasteiger partial charge on any atom is -0.544 e. The normalized spacial score (nSPS) is 13.2. The van der Waals surface area contributed by atoms with Crippen molar-refractivity contribution in [3.63, 3.8) is 0 Å². The summed E-state index contributed by atoms with van der Waals surface area (Å²) in [5, 5.41) is 11.6. The van der Waals surface area contributed by atoms with E-state index in [0.717, 1.165) is 70.6 Å². The van der Waals surface area contributed by atoms with Crippen LogP contribution in [0, 0.1) is 0 Å². The molecule has 0 bridgehead atoms. The van der Waals surface area contributed by atoms with Crippen molar-refractivity contribution in [2.24, 2.45) is 0 Å². The maximum absolute atomic E-state index is 12.6. The summed E-state index contributed by atoms with van der Waals surface area (Å²) in [7, 11) is 5.40. The lowest BCUT2D eigenvalue weighted by atomic mass is 10.0. The van der Waals surface area contributed by atoms with Crippen molar-refractivity contribution in [3.05, 3.63) is 24.3 Å². The molecule has 8 nitrogen and oxygen atoms in total. The highest BCUT2D eigenvalue weighted by atomic mass is 16.6. The molecule has 0 radical (unpaired) electrons. The first-order chi connectivity index (χ1) is 24.1. The third-order valence-corrected chi connectivity index (χ3v) is 9.07. The van der Waals surface area contributed by atoms with Gasteiger partial charge in [0.1, 0.15) is 12.6 Å². The molecule has 0 amide bonds. The van der Waals surface area contributed by atoms with Crippen molar-refractivity contribution in [3.8, 4) is 0 Å². The van der Waals surface area contributed by atoms with E-state index in [1.165, 1.54) is 70.6 Å². The number of aliphatic carboxylic acids is 1. The Bertz CT molecular complexity index is 880. The Hall–Kier alpha value is -2.19. The monoisotopic (exact) mass is 708 g/mol. The van der Waals surface area contributed by atoms with Crippen LogP contribution in [0.2, 0.25) is 0 Å². The summed E-state index contributed by atoms with van der Waals surface area (Å²) in [5.74, 6) is -1.75. The van der Waals surface area contributed by atoms with Crippen molar-refractivity contribution in [1.82, 2.24) is 0 Å². The SMILES string of the molecule is CCC/C=C\C/C=C\CCCCCCCC(=O)OC(COCCC(C(=O)[O-])[N+](C)(C)C)COC(=O)CCCCCCCCCCCCCCC. The Balaban J connectivity index is 4.40. The minimum absolute atomic E-state index is 0.0383. The Morgan fingerprint density at radius 1 is 0.600 bits per heavy atom. The van der Waals surface area contributed by atoms with E-state index in [1.807, 2.05) is 0 Å². The number of carbonyl (C=O) groups is 3. The molecule has 0 aliphatic rings. The van der Waals surface area contributed by atoms with Crippen LogP contribution in [0.25, 0.3) is 0 Å². The number of carboxylic acids is 1. The fourth-order valence-corrected chi connectivity index (χ4v) is 5.87. The molecule has 292 valence electrons. The highest BCUT2D eigenvalue weighted by Crippen LogP contribution is 2.14. The number of carboxylic acid groups (broad SMARTS) is 1. The molecule has 0 aromatic rings. The fourth-order valence-electron chi connectivity index (χ4n) is 5.87. The van der Waals surface area contributed by atoms with Gasteiger partial charge in [-0.1, -0.05) is 141 Å². The molecule has 2 unspecified atom stereocenters. The summed E-state index contributed by atoms with van der Waals surface area (Å²) in [6, 6.07) is -0.724. The quantitative estimate of drug-likeness (QED) is 0.0277. The van der Waals surface area contributed by atoms with Gasteiger partial charge in [0.15, 0.2) is 6.10 Å². The molecular weight excluding hydrogens is 630 g/mol. The van der Waals surface area contributed by atoms with Crippen LogP contribution in [0.15, 0.2) is 24.3 Å². The molecule has 0 aliphatic heterocycles. The summed E-state index contributed by atoms with van der Waals surface area (Å²) in [5.41, 5.74) is 0. The number of quaternary nitrogens is 1. The van der Waals surface area contributed by atoms with Gasteiger partial charge in [-0.05, 0) is 38.5 Å². The lowest BCUT2D eigenvalue weighted by Crippen LogP contribution is -2.55. The maximum Gasteiger partial charge on any atom is 0.306 e. The summed E-state index contributed by atoms with van der Waals surface area (Å²) in [4.78, 5) is 36.7. The molecule has 0 spiro atoms. The predicted molar refractivity (Wildman–Crippen MR) is 204 cm³/mol. The number of nitrogens with zero attached hydrogens (tertiary/aromatic N) is 1. The second-order valence-electron chi connectivity index (χ2n) is 14.9. The van der Waals surface area contributed by atoms with Gasteiger partial charge in [-0.25, -0.2) is 0 Å². The van der Waals surface area contributed by atoms with Crippen LogP contribution in [0.3, 0.4) is 0 Å². The van der Waals surface area contributed by atoms with Gasteiger partial charge in [-0.15, -0.1) is 0 Å². The molecule has 0 aromatic carbocycles. The molecular formula is C42H77NO7. The number of hydrogen-bond donors (Lipinski definition) is 0. The Morgan fingerprint density at radius 3 is 1.62 bits per heavy atom. The van der Waals surface area contributed by atoms with Crippen molar-refractivity contribution in [2.45, 2.75) is 187 Å². The Labute approximate surface area is 307 Å². The number of likely N-dealkylation sites (N-methyl/N-ethyl adjacent to an activating group) is 1. The number of allylic oxidation sites excluding steroid dienone is 4. The molecule has 0 saturated carbocycles. The van der Waals surface area contributed by atoms with Crippen molar-refractivity contribution < 1.29 is 38.2 Å². The first-order valence-electron chi connectivity index (χ1n) is 20.4. The van der Waals surface area contributed by atoms with E-state index in [9.17, 15) is 19.5 Å². The number of esters is 2. The van der Waals surface area contributed by atoms with Gasteiger partial charge in [0.25, 0.3) is 0 Å². The zero-order valence-electron chi connectivity index (χ0n) is 33.1. The summed E-state index contributed by atoms with van der Waals surface area (Å²) >= 11 is 0. The van der Waals surface area contributed by atoms with Crippen LogP contribution in [-0.2, 0) is 28.6 Å². The van der Waals surface area contributed by atoms with Crippen molar-refractivity contribution in [2.75, 3.05) is 41.0 Å². The lowest BCUT2D eigenvalue weighted by molar-refractivity contribution is -0.889. The third-order valence-electron chi connectivity index (χ3n) is 9.07. The standard InChI is InChI=1S/C42H77NO7/c1-6-8-10-12-14-16-18-20-22-24-26-28-30-32-40(44)49-37-38(36-48-35-34-39(42(46)47)43(3,4)5)50-41(45)33-31-29-27-25-23-21-19-17-15-13-11-9-7-2/h11,13,17,19,38-39H,6-10,12,14-16,18,20-37H2,1-5H3/b13-11-,19-17-. The van der Waals surface area contributed by atoms with E-state index in [4.69, 9.17) is 14.2 Å². The molecule has 0 aromatic heterocycles. The topological polar surface area (TPSA) is 102 Å². The molecule has 0 heterocycles. The second-order valence-corrected chi connectivity index (χ2v) is 14.9. The predicted octanol–water partition coefficient (Wildman–Crippen LogP) is 9.19. The van der Waals surface area contributed by atoms with Crippen LogP contribution < -0.4 is 5.11 Å². The minimum atomic E-state index is -1.13. The van der Waals surface area contributed by atoms with E-state index in [1.54, 1.807) is 21.1 Å². The van der Waals surface area contributed by atoms with Gasteiger partial charge < -0.3 is 28.6 Å². The molecule has 0 rings (SSSR count). The molecule has 0 fully saturated rings. The molecule has 0 aliphatic carbocycles. The van der Waals surface area contributed by atoms with E-state index in [0.29, 0.717) is 12.8 Å². The number of carbonyl (C=O) groups excluding carboxylic acids is 3. The summed E-state index contributed by atoms with van der Waals surface area (Å²) in [6.07, 6.45) is 34.8. The number of unbranched alkanes of at least 4 members (excludes halogenated alkanes) is 18. The van der Waals surface area contributed by atoms with Crippen molar-refractivity contribution >= 4 is 17.9 Å². The molecule has 0 N–H and O–H groups in total. The van der Waals surface area contributed by atoms with E-state index < -0.39 is 18.1 Å². The van der Waals surface area contributed by atoms with Crippen LogP contribution in [-0.4, -0.2) is 75.5 Å². The van der Waals surface area contributed by atoms with E-state index in [-0.39, 0.29) is 42.7 Å². The number of rotatable bonds is 36. The lowest BCUT2D eigenvalue weighted by Gasteiger charge is -2.34. The number of hydrogen-bond acceptors (Lipinski definition) is 7. The van der Waals surface area contributed by atoms with Gasteiger partial charge in [0, 0.05) is 19.3 Å². The Morgan fingerprint density at radius 2 is 1.10 bits per heavy atom. The summed E-state index contributed by atoms with van der Waals surface area (Å²) < 4.78 is 17.1. The first-order valence-corrected chi connectivity index (χ1v) is 20.4. The smallest absolute Gasteiger partial charge is 0.306 e. The average molecular weight is 708 g/mol. The van der Waals surface area contributed by atoms with Gasteiger partial charge in [-0.2, -0.15) is 0 Å². The Kier molecular flexibility index (Phi) is 32.4. The zero-order valence-corrected chi connectivity index (χ0v) is 33.1. The maximum atomic E-state index is 12.6. The second kappa shape index (κ2) is 33.9. The third kappa shape index (κ3) is 31.8. The molecule has 2 atom stereocenters. The van der Waals surface area contributed by atoms with E-state index in [2.05, 4.69) is 38.2 Å². The first kappa shape index (κ1) is 47.8.